The minimum Gasteiger partial charge on any atom is -0.456 e. The molecule has 0 amide bonds. The number of nitrogens with zero attached hydrogens (tertiary/aromatic N) is 1. The van der Waals surface area contributed by atoms with E-state index >= 15 is 0 Å². The average Bonchev–Trinajstić information content (AvgIpc) is 3.88. The maximum atomic E-state index is 6.49. The first-order valence-corrected chi connectivity index (χ1v) is 19.0. The molecule has 2 aliphatic rings. The summed E-state index contributed by atoms with van der Waals surface area (Å²) in [5.74, 6) is 0. The fourth-order valence-corrected chi connectivity index (χ4v) is 9.83. The second-order valence-corrected chi connectivity index (χ2v) is 14.8. The topological polar surface area (TPSA) is 16.4 Å². The molecule has 55 heavy (non-hydrogen) atoms. The molecule has 1 heterocycles. The summed E-state index contributed by atoms with van der Waals surface area (Å²) in [4.78, 5) is 2.46. The molecule has 2 heteroatoms. The first-order valence-electron chi connectivity index (χ1n) is 19.0. The predicted molar refractivity (Wildman–Crippen MR) is 228 cm³/mol. The van der Waals surface area contributed by atoms with Gasteiger partial charge in [0.15, 0.2) is 0 Å². The Morgan fingerprint density at radius 2 is 0.945 bits per heavy atom. The van der Waals surface area contributed by atoms with Gasteiger partial charge >= 0.3 is 0 Å². The van der Waals surface area contributed by atoms with Crippen LogP contribution in [-0.4, -0.2) is 0 Å². The summed E-state index contributed by atoms with van der Waals surface area (Å²) in [5, 5.41) is 4.60. The van der Waals surface area contributed by atoms with E-state index in [2.05, 4.69) is 199 Å². The van der Waals surface area contributed by atoms with Gasteiger partial charge in [-0.2, -0.15) is 0 Å². The van der Waals surface area contributed by atoms with Crippen LogP contribution in [-0.2, 0) is 5.41 Å². The van der Waals surface area contributed by atoms with Crippen LogP contribution in [0.1, 0.15) is 22.3 Å². The Labute approximate surface area is 319 Å². The highest BCUT2D eigenvalue weighted by atomic mass is 16.3. The van der Waals surface area contributed by atoms with Gasteiger partial charge in [0.1, 0.15) is 11.2 Å². The monoisotopic (exact) mass is 699 g/mol. The number of rotatable bonds is 4. The fraction of sp³-hybridized carbons (Fsp3) is 0.0189. The molecule has 1 aromatic heterocycles. The quantitative estimate of drug-likeness (QED) is 0.182. The first-order chi connectivity index (χ1) is 27.3. The van der Waals surface area contributed by atoms with Crippen LogP contribution >= 0.6 is 0 Å². The molecule has 1 atom stereocenters. The summed E-state index contributed by atoms with van der Waals surface area (Å²) in [5.41, 5.74) is 17.5. The zero-order chi connectivity index (χ0) is 36.1. The molecule has 2 aliphatic carbocycles. The summed E-state index contributed by atoms with van der Waals surface area (Å²) in [6.07, 6.45) is 0. The number of furan rings is 1. The third-order valence-electron chi connectivity index (χ3n) is 12.1. The lowest BCUT2D eigenvalue weighted by molar-refractivity contribution is 0.669. The Morgan fingerprint density at radius 1 is 0.364 bits per heavy atom. The summed E-state index contributed by atoms with van der Waals surface area (Å²) in [6.45, 7) is 0. The molecule has 1 unspecified atom stereocenters. The van der Waals surface area contributed by atoms with E-state index in [1.807, 2.05) is 6.07 Å². The van der Waals surface area contributed by atoms with Gasteiger partial charge in [-0.15, -0.1) is 0 Å². The average molecular weight is 700 g/mol. The van der Waals surface area contributed by atoms with Gasteiger partial charge in [0.25, 0.3) is 0 Å². The molecule has 0 N–H and O–H groups in total. The van der Waals surface area contributed by atoms with Crippen LogP contribution in [0.2, 0.25) is 0 Å². The predicted octanol–water partition coefficient (Wildman–Crippen LogP) is 14.2. The summed E-state index contributed by atoms with van der Waals surface area (Å²) in [6, 6.07) is 73.4. The van der Waals surface area contributed by atoms with E-state index in [9.17, 15) is 0 Å². The normalized spacial score (nSPS) is 15.0. The van der Waals surface area contributed by atoms with E-state index in [4.69, 9.17) is 4.42 Å². The smallest absolute Gasteiger partial charge is 0.137 e. The lowest BCUT2D eigenvalue weighted by atomic mass is 9.70. The lowest BCUT2D eigenvalue weighted by Crippen LogP contribution is -2.26. The Bertz CT molecular complexity index is 3150. The highest BCUT2D eigenvalue weighted by Gasteiger charge is 2.52. The van der Waals surface area contributed by atoms with Gasteiger partial charge in [0.2, 0.25) is 0 Å². The first kappa shape index (κ1) is 30.3. The van der Waals surface area contributed by atoms with Crippen molar-refractivity contribution in [2.45, 2.75) is 5.41 Å². The van der Waals surface area contributed by atoms with Crippen molar-refractivity contribution in [3.63, 3.8) is 0 Å². The van der Waals surface area contributed by atoms with Crippen LogP contribution in [0.15, 0.2) is 205 Å². The van der Waals surface area contributed by atoms with Crippen molar-refractivity contribution in [3.05, 3.63) is 222 Å². The minimum atomic E-state index is -0.503. The number of anilines is 3. The van der Waals surface area contributed by atoms with E-state index < -0.39 is 5.41 Å². The van der Waals surface area contributed by atoms with Crippen molar-refractivity contribution in [2.75, 3.05) is 4.90 Å². The van der Waals surface area contributed by atoms with Crippen LogP contribution in [0.5, 0.6) is 0 Å². The van der Waals surface area contributed by atoms with Crippen LogP contribution in [0.4, 0.5) is 17.1 Å². The van der Waals surface area contributed by atoms with Gasteiger partial charge in [-0.3, -0.25) is 0 Å². The van der Waals surface area contributed by atoms with Gasteiger partial charge in [-0.25, -0.2) is 0 Å². The van der Waals surface area contributed by atoms with E-state index in [1.54, 1.807) is 0 Å². The largest absolute Gasteiger partial charge is 0.456 e. The van der Waals surface area contributed by atoms with E-state index in [1.165, 1.54) is 66.4 Å². The summed E-state index contributed by atoms with van der Waals surface area (Å²) < 4.78 is 6.49. The number of hydrogen-bond donors (Lipinski definition) is 0. The van der Waals surface area contributed by atoms with Crippen molar-refractivity contribution < 1.29 is 4.42 Å². The van der Waals surface area contributed by atoms with Gasteiger partial charge in [0, 0.05) is 16.5 Å². The van der Waals surface area contributed by atoms with Gasteiger partial charge in [-0.05, 0) is 103 Å². The zero-order valence-electron chi connectivity index (χ0n) is 29.9. The standard InChI is InChI=1S/C53H33NO/c1-2-14-34(15-3-1)36-28-30-41-39-19-6-9-22-44(39)53(46(41)32-36)45-23-10-7-20-40(45)42-31-29-37(33-47(42)53)54(48-24-12-17-35-16-4-5-18-38(35)48)49-25-13-27-51-52(49)43-21-8-11-26-50(43)55-51/h1-33H. The van der Waals surface area contributed by atoms with Crippen LogP contribution in [0.25, 0.3) is 66.1 Å². The molecule has 256 valence electrons. The van der Waals surface area contributed by atoms with Crippen LogP contribution in [0.3, 0.4) is 0 Å². The molecule has 1 spiro atoms. The van der Waals surface area contributed by atoms with Crippen LogP contribution in [0, 0.1) is 0 Å². The number of hydrogen-bond acceptors (Lipinski definition) is 2. The lowest BCUT2D eigenvalue weighted by Gasteiger charge is -2.33. The molecule has 0 bridgehead atoms. The van der Waals surface area contributed by atoms with Crippen molar-refractivity contribution >= 4 is 49.8 Å². The molecular formula is C53H33NO. The number of para-hydroxylation sites is 1. The third kappa shape index (κ3) is 4.14. The fourth-order valence-electron chi connectivity index (χ4n) is 9.83. The molecule has 0 aliphatic heterocycles. The molecule has 0 fully saturated rings. The summed E-state index contributed by atoms with van der Waals surface area (Å²) in [7, 11) is 0. The van der Waals surface area contributed by atoms with Gasteiger partial charge < -0.3 is 9.32 Å². The molecule has 0 radical (unpaired) electrons. The summed E-state index contributed by atoms with van der Waals surface area (Å²) >= 11 is 0. The zero-order valence-corrected chi connectivity index (χ0v) is 29.9. The van der Waals surface area contributed by atoms with Crippen molar-refractivity contribution in [1.29, 1.82) is 0 Å². The van der Waals surface area contributed by atoms with Gasteiger partial charge in [0.05, 0.1) is 22.2 Å². The maximum Gasteiger partial charge on any atom is 0.137 e. The molecule has 9 aromatic carbocycles. The second kappa shape index (κ2) is 11.4. The minimum absolute atomic E-state index is 0.503. The molecule has 0 saturated heterocycles. The van der Waals surface area contributed by atoms with Crippen molar-refractivity contribution in [1.82, 2.24) is 0 Å². The second-order valence-electron chi connectivity index (χ2n) is 14.8. The van der Waals surface area contributed by atoms with Crippen molar-refractivity contribution in [2.24, 2.45) is 0 Å². The molecular weight excluding hydrogens is 667 g/mol. The number of fused-ring (bicyclic) bond motifs is 14. The molecule has 12 rings (SSSR count). The number of benzene rings is 9. The Kier molecular flexibility index (Phi) is 6.29. The molecule has 10 aromatic rings. The van der Waals surface area contributed by atoms with E-state index in [0.717, 1.165) is 39.0 Å². The highest BCUT2D eigenvalue weighted by molar-refractivity contribution is 6.15. The van der Waals surface area contributed by atoms with E-state index in [-0.39, 0.29) is 0 Å². The highest BCUT2D eigenvalue weighted by Crippen LogP contribution is 2.64. The SMILES string of the molecule is c1ccc(-c2ccc3c(c2)C2(c4ccccc4-3)c3ccccc3-c3ccc(N(c4cccc5ccccc45)c4cccc5oc6ccccc6c45)cc32)cc1. The third-order valence-corrected chi connectivity index (χ3v) is 12.1. The maximum absolute atomic E-state index is 6.49. The molecule has 2 nitrogen and oxygen atoms in total. The Balaban J connectivity index is 1.19. The van der Waals surface area contributed by atoms with E-state index in [0.29, 0.717) is 0 Å². The Hall–Kier alpha value is -7.16. The van der Waals surface area contributed by atoms with Crippen molar-refractivity contribution in [3.8, 4) is 33.4 Å². The van der Waals surface area contributed by atoms with Crippen LogP contribution < -0.4 is 4.90 Å². The Morgan fingerprint density at radius 3 is 1.76 bits per heavy atom. The molecule has 0 saturated carbocycles. The van der Waals surface area contributed by atoms with Gasteiger partial charge in [-0.1, -0.05) is 158 Å².